The molecule has 0 spiro atoms. The first-order valence-electron chi connectivity index (χ1n) is 5.29. The average Bonchev–Trinajstić information content (AvgIpc) is 2.23. The van der Waals surface area contributed by atoms with Crippen LogP contribution in [0.15, 0.2) is 12.1 Å². The van der Waals surface area contributed by atoms with Gasteiger partial charge < -0.3 is 10.1 Å². The highest BCUT2D eigenvalue weighted by molar-refractivity contribution is 6.32. The van der Waals surface area contributed by atoms with Crippen molar-refractivity contribution in [1.82, 2.24) is 0 Å². The number of rotatable bonds is 1. The van der Waals surface area contributed by atoms with Crippen LogP contribution in [-0.4, -0.2) is 12.6 Å². The number of anilines is 1. The van der Waals surface area contributed by atoms with E-state index < -0.39 is 0 Å². The van der Waals surface area contributed by atoms with Gasteiger partial charge in [0, 0.05) is 0 Å². The van der Waals surface area contributed by atoms with Gasteiger partial charge in [-0.2, -0.15) is 0 Å². The monoisotopic (exact) mass is 225 g/mol. The van der Waals surface area contributed by atoms with Crippen LogP contribution in [0.3, 0.4) is 0 Å². The van der Waals surface area contributed by atoms with E-state index >= 15 is 0 Å². The Kier molecular flexibility index (Phi) is 2.79. The zero-order chi connectivity index (χ0) is 11.0. The van der Waals surface area contributed by atoms with Gasteiger partial charge in [-0.15, -0.1) is 0 Å². The third kappa shape index (κ3) is 1.91. The highest BCUT2D eigenvalue weighted by Gasteiger charge is 2.24. The Balaban J connectivity index is 2.36. The van der Waals surface area contributed by atoms with E-state index in [0.717, 1.165) is 18.0 Å². The fourth-order valence-corrected chi connectivity index (χ4v) is 1.96. The maximum absolute atomic E-state index is 6.12. The van der Waals surface area contributed by atoms with Crippen molar-refractivity contribution < 1.29 is 4.74 Å². The van der Waals surface area contributed by atoms with Gasteiger partial charge >= 0.3 is 0 Å². The summed E-state index contributed by atoms with van der Waals surface area (Å²) in [4.78, 5) is 0. The van der Waals surface area contributed by atoms with Gasteiger partial charge in [-0.05, 0) is 24.5 Å². The highest BCUT2D eigenvalue weighted by atomic mass is 35.5. The van der Waals surface area contributed by atoms with E-state index in [-0.39, 0.29) is 6.10 Å². The van der Waals surface area contributed by atoms with Crippen LogP contribution in [0.25, 0.3) is 0 Å². The second kappa shape index (κ2) is 3.93. The van der Waals surface area contributed by atoms with Gasteiger partial charge in [-0.25, -0.2) is 0 Å². The number of ether oxygens (including phenoxy) is 1. The Bertz CT molecular complexity index is 376. The number of fused-ring (bicyclic) bond motifs is 1. The molecule has 1 unspecified atom stereocenters. The lowest BCUT2D eigenvalue weighted by molar-refractivity contribution is 0.156. The molecule has 0 aromatic heterocycles. The number of hydrogen-bond donors (Lipinski definition) is 1. The fraction of sp³-hybridized carbons (Fsp3) is 0.500. The Hall–Kier alpha value is -0.890. The van der Waals surface area contributed by atoms with Crippen LogP contribution in [0, 0.1) is 12.8 Å². The second-order valence-electron chi connectivity index (χ2n) is 4.35. The molecule has 1 aliphatic heterocycles. The molecule has 0 fully saturated rings. The van der Waals surface area contributed by atoms with E-state index in [4.69, 9.17) is 16.3 Å². The molecule has 0 bridgehead atoms. The van der Waals surface area contributed by atoms with Gasteiger partial charge in [0.2, 0.25) is 0 Å². The lowest BCUT2D eigenvalue weighted by atomic mass is 10.0. The topological polar surface area (TPSA) is 21.3 Å². The zero-order valence-electron chi connectivity index (χ0n) is 9.30. The normalized spacial score (nSPS) is 19.4. The molecular weight excluding hydrogens is 210 g/mol. The molecule has 0 saturated carbocycles. The molecule has 0 aliphatic carbocycles. The lowest BCUT2D eigenvalue weighted by Gasteiger charge is -2.31. The Morgan fingerprint density at radius 2 is 2.20 bits per heavy atom. The number of nitrogens with one attached hydrogen (secondary N) is 1. The Labute approximate surface area is 95.6 Å². The van der Waals surface area contributed by atoms with Crippen LogP contribution in [-0.2, 0) is 0 Å². The summed E-state index contributed by atoms with van der Waals surface area (Å²) in [6, 6.07) is 3.90. The van der Waals surface area contributed by atoms with Crippen LogP contribution >= 0.6 is 11.6 Å². The summed E-state index contributed by atoms with van der Waals surface area (Å²) < 4.78 is 5.91. The van der Waals surface area contributed by atoms with Crippen LogP contribution in [0.2, 0.25) is 5.02 Å². The minimum atomic E-state index is 0.205. The first-order chi connectivity index (χ1) is 7.09. The molecule has 1 N–H and O–H groups in total. The van der Waals surface area contributed by atoms with Crippen LogP contribution < -0.4 is 10.1 Å². The molecule has 0 radical (unpaired) electrons. The molecule has 2 rings (SSSR count). The van der Waals surface area contributed by atoms with E-state index in [1.54, 1.807) is 0 Å². The second-order valence-corrected chi connectivity index (χ2v) is 4.76. The average molecular weight is 226 g/mol. The van der Waals surface area contributed by atoms with Crippen LogP contribution in [0.4, 0.5) is 5.69 Å². The predicted molar refractivity (Wildman–Crippen MR) is 63.9 cm³/mol. The van der Waals surface area contributed by atoms with Crippen molar-refractivity contribution in [2.75, 3.05) is 11.9 Å². The summed E-state index contributed by atoms with van der Waals surface area (Å²) in [5.74, 6) is 1.30. The summed E-state index contributed by atoms with van der Waals surface area (Å²) in [6.07, 6.45) is 0.205. The first-order valence-corrected chi connectivity index (χ1v) is 5.67. The molecule has 1 atom stereocenters. The largest absolute Gasteiger partial charge is 0.485 e. The van der Waals surface area contributed by atoms with Crippen molar-refractivity contribution in [1.29, 1.82) is 0 Å². The zero-order valence-corrected chi connectivity index (χ0v) is 10.1. The maximum Gasteiger partial charge on any atom is 0.161 e. The molecule has 15 heavy (non-hydrogen) atoms. The van der Waals surface area contributed by atoms with E-state index in [0.29, 0.717) is 10.9 Å². The summed E-state index contributed by atoms with van der Waals surface area (Å²) >= 11 is 6.12. The predicted octanol–water partition coefficient (Wildman–Crippen LogP) is 3.48. The van der Waals surface area contributed by atoms with Crippen LogP contribution in [0.5, 0.6) is 5.75 Å². The van der Waals surface area contributed by atoms with Gasteiger partial charge in [0.25, 0.3) is 0 Å². The molecular formula is C12H16ClNO. The standard InChI is InChI=1S/C12H16ClNO/c1-7(2)10-6-14-11-8(3)4-5-9(13)12(11)15-10/h4-5,7,10,14H,6H2,1-3H3. The molecule has 1 heterocycles. The van der Waals surface area contributed by atoms with E-state index in [9.17, 15) is 0 Å². The summed E-state index contributed by atoms with van der Waals surface area (Å²) in [6.45, 7) is 7.22. The smallest absolute Gasteiger partial charge is 0.161 e. The molecule has 82 valence electrons. The highest BCUT2D eigenvalue weighted by Crippen LogP contribution is 2.39. The molecule has 1 aliphatic rings. The number of halogens is 1. The SMILES string of the molecule is Cc1ccc(Cl)c2c1NCC(C(C)C)O2. The number of hydrogen-bond acceptors (Lipinski definition) is 2. The fourth-order valence-electron chi connectivity index (χ4n) is 1.76. The lowest BCUT2D eigenvalue weighted by Crippen LogP contribution is -2.35. The van der Waals surface area contributed by atoms with Crippen molar-refractivity contribution in [3.63, 3.8) is 0 Å². The molecule has 1 aromatic rings. The summed E-state index contributed by atoms with van der Waals surface area (Å²) in [5.41, 5.74) is 2.22. The van der Waals surface area contributed by atoms with Gasteiger partial charge in [-0.1, -0.05) is 31.5 Å². The van der Waals surface area contributed by atoms with Crippen molar-refractivity contribution in [3.05, 3.63) is 22.7 Å². The minimum absolute atomic E-state index is 0.205. The number of aryl methyl sites for hydroxylation is 1. The molecule has 1 aromatic carbocycles. The molecule has 3 heteroatoms. The van der Waals surface area contributed by atoms with Crippen LogP contribution in [0.1, 0.15) is 19.4 Å². The van der Waals surface area contributed by atoms with E-state index in [2.05, 4.69) is 26.1 Å². The van der Waals surface area contributed by atoms with Crippen molar-refractivity contribution >= 4 is 17.3 Å². The Morgan fingerprint density at radius 3 is 2.87 bits per heavy atom. The van der Waals surface area contributed by atoms with Gasteiger partial charge in [-0.3, -0.25) is 0 Å². The van der Waals surface area contributed by atoms with Gasteiger partial charge in [0.05, 0.1) is 17.3 Å². The van der Waals surface area contributed by atoms with Gasteiger partial charge in [0.1, 0.15) is 6.10 Å². The van der Waals surface area contributed by atoms with Gasteiger partial charge in [0.15, 0.2) is 5.75 Å². The first kappa shape index (κ1) is 10.6. The maximum atomic E-state index is 6.12. The Morgan fingerprint density at radius 1 is 1.47 bits per heavy atom. The van der Waals surface area contributed by atoms with Crippen molar-refractivity contribution in [2.24, 2.45) is 5.92 Å². The third-order valence-corrected chi connectivity index (χ3v) is 3.11. The van der Waals surface area contributed by atoms with E-state index in [1.807, 2.05) is 12.1 Å². The molecule has 2 nitrogen and oxygen atoms in total. The van der Waals surface area contributed by atoms with Crippen molar-refractivity contribution in [2.45, 2.75) is 26.9 Å². The minimum Gasteiger partial charge on any atom is -0.485 e. The van der Waals surface area contributed by atoms with Crippen molar-refractivity contribution in [3.8, 4) is 5.75 Å². The summed E-state index contributed by atoms with van der Waals surface area (Å²) in [5, 5.41) is 4.08. The third-order valence-electron chi connectivity index (χ3n) is 2.81. The molecule has 0 saturated heterocycles. The number of benzene rings is 1. The summed E-state index contributed by atoms with van der Waals surface area (Å²) in [7, 11) is 0. The van der Waals surface area contributed by atoms with E-state index in [1.165, 1.54) is 5.56 Å². The quantitative estimate of drug-likeness (QED) is 0.790. The molecule has 0 amide bonds.